The predicted molar refractivity (Wildman–Crippen MR) is 65.9 cm³/mol. The summed E-state index contributed by atoms with van der Waals surface area (Å²) in [6.07, 6.45) is 0. The fourth-order valence-electron chi connectivity index (χ4n) is 1.73. The number of nitrogens with one attached hydrogen (secondary N) is 1. The quantitative estimate of drug-likeness (QED) is 0.855. The first-order chi connectivity index (χ1) is 7.58. The highest BCUT2D eigenvalue weighted by Gasteiger charge is 2.30. The summed E-state index contributed by atoms with van der Waals surface area (Å²) >= 11 is 7.50. The van der Waals surface area contributed by atoms with Crippen LogP contribution in [0.1, 0.15) is 16.5 Å². The van der Waals surface area contributed by atoms with E-state index in [0.717, 1.165) is 11.1 Å². The molecule has 0 saturated carbocycles. The van der Waals surface area contributed by atoms with E-state index < -0.39 is 12.0 Å². The van der Waals surface area contributed by atoms with Gasteiger partial charge < -0.3 is 5.11 Å². The molecular weight excluding hydrogens is 246 g/mol. The van der Waals surface area contributed by atoms with Crippen LogP contribution in [0.2, 0.25) is 5.02 Å². The van der Waals surface area contributed by atoms with Crippen molar-refractivity contribution in [2.24, 2.45) is 0 Å². The Morgan fingerprint density at radius 3 is 2.94 bits per heavy atom. The lowest BCUT2D eigenvalue weighted by molar-refractivity contribution is -0.138. The molecule has 0 spiro atoms. The van der Waals surface area contributed by atoms with Crippen LogP contribution >= 0.6 is 23.4 Å². The molecule has 0 radical (unpaired) electrons. The highest BCUT2D eigenvalue weighted by Crippen LogP contribution is 2.35. The van der Waals surface area contributed by atoms with E-state index >= 15 is 0 Å². The van der Waals surface area contributed by atoms with E-state index in [-0.39, 0.29) is 5.37 Å². The summed E-state index contributed by atoms with van der Waals surface area (Å²) < 4.78 is 0. The zero-order valence-corrected chi connectivity index (χ0v) is 10.3. The second kappa shape index (κ2) is 4.65. The Balaban J connectivity index is 2.17. The molecule has 1 aliphatic heterocycles. The highest BCUT2D eigenvalue weighted by atomic mass is 35.5. The third-order valence-corrected chi connectivity index (χ3v) is 4.08. The molecule has 2 rings (SSSR count). The lowest BCUT2D eigenvalue weighted by atomic mass is 10.1. The molecule has 1 aliphatic rings. The topological polar surface area (TPSA) is 49.3 Å². The fourth-order valence-corrected chi connectivity index (χ4v) is 3.28. The number of carbonyl (C=O) groups is 1. The first kappa shape index (κ1) is 11.8. The van der Waals surface area contributed by atoms with Gasteiger partial charge in [0.2, 0.25) is 0 Å². The normalized spacial score (nSPS) is 24.6. The van der Waals surface area contributed by atoms with Gasteiger partial charge in [0, 0.05) is 10.8 Å². The Morgan fingerprint density at radius 1 is 1.62 bits per heavy atom. The molecule has 1 aromatic carbocycles. The molecule has 2 unspecified atom stereocenters. The van der Waals surface area contributed by atoms with E-state index in [0.29, 0.717) is 10.8 Å². The molecule has 16 heavy (non-hydrogen) atoms. The van der Waals surface area contributed by atoms with Gasteiger partial charge in [-0.15, -0.1) is 11.8 Å². The minimum atomic E-state index is -0.790. The molecule has 1 saturated heterocycles. The number of rotatable bonds is 2. The first-order valence-electron chi connectivity index (χ1n) is 4.94. The van der Waals surface area contributed by atoms with Crippen molar-refractivity contribution < 1.29 is 9.90 Å². The zero-order valence-electron chi connectivity index (χ0n) is 8.74. The monoisotopic (exact) mass is 257 g/mol. The van der Waals surface area contributed by atoms with Gasteiger partial charge in [0.15, 0.2) is 0 Å². The highest BCUT2D eigenvalue weighted by molar-refractivity contribution is 7.99. The summed E-state index contributed by atoms with van der Waals surface area (Å²) in [4.78, 5) is 10.8. The Kier molecular flexibility index (Phi) is 3.42. The zero-order chi connectivity index (χ0) is 11.7. The van der Waals surface area contributed by atoms with E-state index in [9.17, 15) is 4.79 Å². The van der Waals surface area contributed by atoms with Gasteiger partial charge in [-0.25, -0.2) is 0 Å². The number of thioether (sulfide) groups is 1. The maximum absolute atomic E-state index is 10.8. The van der Waals surface area contributed by atoms with Crippen molar-refractivity contribution in [3.63, 3.8) is 0 Å². The van der Waals surface area contributed by atoms with Crippen molar-refractivity contribution >= 4 is 29.3 Å². The van der Waals surface area contributed by atoms with Gasteiger partial charge in [-0.3, -0.25) is 10.1 Å². The van der Waals surface area contributed by atoms with Crippen LogP contribution in [0.4, 0.5) is 0 Å². The third kappa shape index (κ3) is 2.34. The van der Waals surface area contributed by atoms with Crippen LogP contribution in [0.3, 0.4) is 0 Å². The number of aliphatic carboxylic acids is 1. The van der Waals surface area contributed by atoms with E-state index in [1.807, 2.05) is 25.1 Å². The standard InChI is InChI=1S/C11H12ClNO2S/c1-6-4-7(12)2-3-8(6)10-13-9(5-16-10)11(14)15/h2-4,9-10,13H,5H2,1H3,(H,14,15). The van der Waals surface area contributed by atoms with Crippen LogP contribution in [0.25, 0.3) is 0 Å². The summed E-state index contributed by atoms with van der Waals surface area (Å²) in [6, 6.07) is 5.23. The molecule has 1 aromatic rings. The van der Waals surface area contributed by atoms with Gasteiger partial charge in [-0.05, 0) is 30.2 Å². The summed E-state index contributed by atoms with van der Waals surface area (Å²) in [7, 11) is 0. The molecule has 2 atom stereocenters. The lowest BCUT2D eigenvalue weighted by Gasteiger charge is -2.14. The number of aryl methyl sites for hydroxylation is 1. The summed E-state index contributed by atoms with van der Waals surface area (Å²) in [5.41, 5.74) is 2.20. The summed E-state index contributed by atoms with van der Waals surface area (Å²) in [5, 5.41) is 12.7. The molecule has 86 valence electrons. The van der Waals surface area contributed by atoms with E-state index in [4.69, 9.17) is 16.7 Å². The van der Waals surface area contributed by atoms with Gasteiger partial charge in [-0.1, -0.05) is 17.7 Å². The predicted octanol–water partition coefficient (Wildman–Crippen LogP) is 2.44. The SMILES string of the molecule is Cc1cc(Cl)ccc1C1NC(C(=O)O)CS1. The third-order valence-electron chi connectivity index (χ3n) is 2.59. The minimum absolute atomic E-state index is 0.0540. The van der Waals surface area contributed by atoms with Crippen LogP contribution in [0, 0.1) is 6.92 Å². The van der Waals surface area contributed by atoms with Crippen molar-refractivity contribution in [1.82, 2.24) is 5.32 Å². The van der Waals surface area contributed by atoms with Crippen molar-refractivity contribution in [3.8, 4) is 0 Å². The van der Waals surface area contributed by atoms with Crippen molar-refractivity contribution in [2.75, 3.05) is 5.75 Å². The van der Waals surface area contributed by atoms with Crippen LogP contribution in [0.15, 0.2) is 18.2 Å². The maximum Gasteiger partial charge on any atom is 0.321 e. The minimum Gasteiger partial charge on any atom is -0.480 e. The summed E-state index contributed by atoms with van der Waals surface area (Å²) in [5.74, 6) is -0.191. The van der Waals surface area contributed by atoms with Crippen LogP contribution in [-0.4, -0.2) is 22.9 Å². The number of benzene rings is 1. The van der Waals surface area contributed by atoms with Gasteiger partial charge in [0.1, 0.15) is 6.04 Å². The fraction of sp³-hybridized carbons (Fsp3) is 0.364. The number of hydrogen-bond donors (Lipinski definition) is 2. The number of hydrogen-bond acceptors (Lipinski definition) is 3. The average molecular weight is 258 g/mol. The van der Waals surface area contributed by atoms with Gasteiger partial charge in [0.25, 0.3) is 0 Å². The summed E-state index contributed by atoms with van der Waals surface area (Å²) in [6.45, 7) is 1.98. The number of carboxylic acids is 1. The first-order valence-corrected chi connectivity index (χ1v) is 6.37. The Bertz CT molecular complexity index is 424. The van der Waals surface area contributed by atoms with E-state index in [1.54, 1.807) is 11.8 Å². The van der Waals surface area contributed by atoms with Crippen LogP contribution in [0.5, 0.6) is 0 Å². The number of carboxylic acid groups (broad SMARTS) is 1. The molecule has 3 nitrogen and oxygen atoms in total. The molecule has 1 fully saturated rings. The maximum atomic E-state index is 10.8. The molecule has 0 aromatic heterocycles. The van der Waals surface area contributed by atoms with Crippen molar-refractivity contribution in [3.05, 3.63) is 34.3 Å². The second-order valence-electron chi connectivity index (χ2n) is 3.77. The Labute approximate surface area is 103 Å². The molecular formula is C11H12ClNO2S. The number of halogens is 1. The van der Waals surface area contributed by atoms with Crippen LogP contribution < -0.4 is 5.32 Å². The molecule has 5 heteroatoms. The molecule has 0 amide bonds. The lowest BCUT2D eigenvalue weighted by Crippen LogP contribution is -2.33. The second-order valence-corrected chi connectivity index (χ2v) is 5.35. The molecule has 0 aliphatic carbocycles. The van der Waals surface area contributed by atoms with Gasteiger partial charge in [-0.2, -0.15) is 0 Å². The van der Waals surface area contributed by atoms with Crippen molar-refractivity contribution in [2.45, 2.75) is 18.3 Å². The Hall–Kier alpha value is -0.710. The molecule has 2 N–H and O–H groups in total. The smallest absolute Gasteiger partial charge is 0.321 e. The average Bonchev–Trinajstić information content (AvgIpc) is 2.66. The van der Waals surface area contributed by atoms with E-state index in [1.165, 1.54) is 0 Å². The molecule has 0 bridgehead atoms. The Morgan fingerprint density at radius 2 is 2.38 bits per heavy atom. The molecule has 1 heterocycles. The van der Waals surface area contributed by atoms with Crippen LogP contribution in [-0.2, 0) is 4.79 Å². The van der Waals surface area contributed by atoms with Crippen molar-refractivity contribution in [1.29, 1.82) is 0 Å². The van der Waals surface area contributed by atoms with E-state index in [2.05, 4.69) is 5.32 Å². The van der Waals surface area contributed by atoms with Gasteiger partial charge >= 0.3 is 5.97 Å². The van der Waals surface area contributed by atoms with Gasteiger partial charge in [0.05, 0.1) is 5.37 Å². The largest absolute Gasteiger partial charge is 0.480 e.